The van der Waals surface area contributed by atoms with Crippen molar-refractivity contribution in [3.05, 3.63) is 0 Å². The SMILES string of the molecule is CC(=O)N[C@@H](CS(=O)CCC1CCCO1)C(=O)O. The Kier molecular flexibility index (Phi) is 6.28. The van der Waals surface area contributed by atoms with E-state index in [0.717, 1.165) is 19.4 Å². The quantitative estimate of drug-likeness (QED) is 0.677. The summed E-state index contributed by atoms with van der Waals surface area (Å²) in [6.45, 7) is 1.99. The van der Waals surface area contributed by atoms with Crippen molar-refractivity contribution in [2.45, 2.75) is 38.3 Å². The molecule has 0 spiro atoms. The van der Waals surface area contributed by atoms with Crippen molar-refractivity contribution in [2.75, 3.05) is 18.1 Å². The van der Waals surface area contributed by atoms with Crippen LogP contribution in [0.5, 0.6) is 0 Å². The summed E-state index contributed by atoms with van der Waals surface area (Å²) < 4.78 is 17.1. The van der Waals surface area contributed by atoms with Crippen LogP contribution in [0.4, 0.5) is 0 Å². The zero-order valence-corrected chi connectivity index (χ0v) is 11.2. The summed E-state index contributed by atoms with van der Waals surface area (Å²) in [5, 5.41) is 11.2. The van der Waals surface area contributed by atoms with Gasteiger partial charge in [0.05, 0.1) is 11.9 Å². The van der Waals surface area contributed by atoms with Crippen molar-refractivity contribution >= 4 is 22.7 Å². The molecule has 0 bridgehead atoms. The van der Waals surface area contributed by atoms with Crippen LogP contribution in [0.2, 0.25) is 0 Å². The van der Waals surface area contributed by atoms with Gasteiger partial charge in [0.2, 0.25) is 5.91 Å². The van der Waals surface area contributed by atoms with Crippen molar-refractivity contribution in [1.82, 2.24) is 5.32 Å². The number of nitrogens with one attached hydrogen (secondary N) is 1. The molecule has 1 amide bonds. The predicted octanol–water partition coefficient (Wildman–Crippen LogP) is -0.106. The molecule has 1 rings (SSSR count). The topological polar surface area (TPSA) is 92.7 Å². The molecule has 3 atom stereocenters. The molecule has 0 radical (unpaired) electrons. The third-order valence-electron chi connectivity index (χ3n) is 2.72. The monoisotopic (exact) mass is 277 g/mol. The van der Waals surface area contributed by atoms with Gasteiger partial charge in [-0.25, -0.2) is 4.79 Å². The van der Waals surface area contributed by atoms with Crippen LogP contribution in [-0.4, -0.2) is 51.5 Å². The minimum atomic E-state index is -1.26. The molecule has 0 aromatic carbocycles. The van der Waals surface area contributed by atoms with Gasteiger partial charge in [-0.3, -0.25) is 9.00 Å². The average Bonchev–Trinajstić information content (AvgIpc) is 2.77. The summed E-state index contributed by atoms with van der Waals surface area (Å²) in [4.78, 5) is 21.7. The van der Waals surface area contributed by atoms with E-state index in [2.05, 4.69) is 5.32 Å². The van der Waals surface area contributed by atoms with E-state index in [1.807, 2.05) is 0 Å². The first-order valence-electron chi connectivity index (χ1n) is 5.95. The van der Waals surface area contributed by atoms with Gasteiger partial charge in [-0.2, -0.15) is 0 Å². The molecule has 2 unspecified atom stereocenters. The van der Waals surface area contributed by atoms with Gasteiger partial charge in [0.15, 0.2) is 0 Å². The summed E-state index contributed by atoms with van der Waals surface area (Å²) in [7, 11) is -1.26. The second kappa shape index (κ2) is 7.48. The summed E-state index contributed by atoms with van der Waals surface area (Å²) in [6.07, 6.45) is 2.84. The normalized spacial score (nSPS) is 22.4. The number of carboxylic acids is 1. The molecule has 0 saturated carbocycles. The third-order valence-corrected chi connectivity index (χ3v) is 4.12. The Bertz CT molecular complexity index is 327. The highest BCUT2D eigenvalue weighted by Crippen LogP contribution is 2.15. The lowest BCUT2D eigenvalue weighted by atomic mass is 10.2. The third kappa shape index (κ3) is 5.59. The average molecular weight is 277 g/mol. The van der Waals surface area contributed by atoms with Gasteiger partial charge in [0, 0.05) is 30.1 Å². The second-order valence-corrected chi connectivity index (χ2v) is 5.95. The standard InChI is InChI=1S/C11H19NO5S/c1-8(13)12-10(11(14)15)7-18(16)6-4-9-3-2-5-17-9/h9-10H,2-7H2,1H3,(H,12,13)(H,14,15)/t9?,10-,18?/m0/s1. The van der Waals surface area contributed by atoms with Crippen molar-refractivity contribution in [3.63, 3.8) is 0 Å². The van der Waals surface area contributed by atoms with Gasteiger partial charge in [0.1, 0.15) is 6.04 Å². The van der Waals surface area contributed by atoms with E-state index in [1.54, 1.807) is 0 Å². The summed E-state index contributed by atoms with van der Waals surface area (Å²) in [5.41, 5.74) is 0. The van der Waals surface area contributed by atoms with Crippen molar-refractivity contribution in [1.29, 1.82) is 0 Å². The van der Waals surface area contributed by atoms with E-state index < -0.39 is 28.7 Å². The van der Waals surface area contributed by atoms with E-state index in [1.165, 1.54) is 6.92 Å². The summed E-state index contributed by atoms with van der Waals surface area (Å²) >= 11 is 0. The molecule has 1 aliphatic rings. The molecule has 7 heteroatoms. The van der Waals surface area contributed by atoms with E-state index in [9.17, 15) is 13.8 Å². The van der Waals surface area contributed by atoms with Gasteiger partial charge in [0.25, 0.3) is 0 Å². The Morgan fingerprint density at radius 3 is 2.78 bits per heavy atom. The Labute approximate surface area is 109 Å². The van der Waals surface area contributed by atoms with Crippen molar-refractivity contribution < 1.29 is 23.6 Å². The lowest BCUT2D eigenvalue weighted by Gasteiger charge is -2.13. The highest BCUT2D eigenvalue weighted by atomic mass is 32.2. The Morgan fingerprint density at radius 2 is 2.28 bits per heavy atom. The molecule has 104 valence electrons. The first-order valence-corrected chi connectivity index (χ1v) is 7.44. The van der Waals surface area contributed by atoms with Gasteiger partial charge in [-0.15, -0.1) is 0 Å². The van der Waals surface area contributed by atoms with E-state index in [4.69, 9.17) is 9.84 Å². The molecule has 0 aromatic heterocycles. The fourth-order valence-corrected chi connectivity index (χ4v) is 3.11. The van der Waals surface area contributed by atoms with Crippen LogP contribution in [0.3, 0.4) is 0 Å². The van der Waals surface area contributed by atoms with E-state index in [-0.39, 0.29) is 11.9 Å². The molecule has 0 aromatic rings. The number of carboxylic acid groups (broad SMARTS) is 1. The van der Waals surface area contributed by atoms with Crippen LogP contribution in [-0.2, 0) is 25.1 Å². The minimum absolute atomic E-state index is 0.0539. The second-order valence-electron chi connectivity index (χ2n) is 4.33. The Balaban J connectivity index is 2.31. The van der Waals surface area contributed by atoms with E-state index >= 15 is 0 Å². The van der Waals surface area contributed by atoms with Crippen LogP contribution in [0.1, 0.15) is 26.2 Å². The number of rotatable bonds is 7. The maximum absolute atomic E-state index is 11.7. The zero-order valence-electron chi connectivity index (χ0n) is 10.4. The highest BCUT2D eigenvalue weighted by molar-refractivity contribution is 7.85. The largest absolute Gasteiger partial charge is 0.480 e. The Morgan fingerprint density at radius 1 is 1.56 bits per heavy atom. The summed E-state index contributed by atoms with van der Waals surface area (Å²) in [5.74, 6) is -1.23. The number of hydrogen-bond acceptors (Lipinski definition) is 4. The first kappa shape index (κ1) is 15.1. The number of carbonyl (C=O) groups is 2. The smallest absolute Gasteiger partial charge is 0.327 e. The fourth-order valence-electron chi connectivity index (χ4n) is 1.82. The fraction of sp³-hybridized carbons (Fsp3) is 0.818. The molecular formula is C11H19NO5S. The summed E-state index contributed by atoms with van der Waals surface area (Å²) in [6, 6.07) is -1.08. The number of amides is 1. The van der Waals surface area contributed by atoms with Crippen LogP contribution in [0, 0.1) is 0 Å². The van der Waals surface area contributed by atoms with Crippen LogP contribution in [0.15, 0.2) is 0 Å². The van der Waals surface area contributed by atoms with Crippen LogP contribution < -0.4 is 5.32 Å². The minimum Gasteiger partial charge on any atom is -0.480 e. The zero-order chi connectivity index (χ0) is 13.5. The van der Waals surface area contributed by atoms with Gasteiger partial charge in [-0.1, -0.05) is 0 Å². The molecular weight excluding hydrogens is 258 g/mol. The molecule has 1 fully saturated rings. The molecule has 1 saturated heterocycles. The van der Waals surface area contributed by atoms with Crippen molar-refractivity contribution in [3.8, 4) is 0 Å². The number of carbonyl (C=O) groups excluding carboxylic acids is 1. The van der Waals surface area contributed by atoms with Crippen molar-refractivity contribution in [2.24, 2.45) is 0 Å². The molecule has 1 aliphatic heterocycles. The number of hydrogen-bond donors (Lipinski definition) is 2. The Hall–Kier alpha value is -0.950. The van der Waals surface area contributed by atoms with Gasteiger partial charge < -0.3 is 15.2 Å². The molecule has 2 N–H and O–H groups in total. The highest BCUT2D eigenvalue weighted by Gasteiger charge is 2.22. The van der Waals surface area contributed by atoms with Gasteiger partial charge in [-0.05, 0) is 19.3 Å². The molecule has 0 aliphatic carbocycles. The van der Waals surface area contributed by atoms with Crippen LogP contribution >= 0.6 is 0 Å². The maximum Gasteiger partial charge on any atom is 0.327 e. The lowest BCUT2D eigenvalue weighted by molar-refractivity contribution is -0.140. The maximum atomic E-state index is 11.7. The predicted molar refractivity (Wildman–Crippen MR) is 66.7 cm³/mol. The number of aliphatic carboxylic acids is 1. The lowest BCUT2D eigenvalue weighted by Crippen LogP contribution is -2.43. The van der Waals surface area contributed by atoms with Gasteiger partial charge >= 0.3 is 5.97 Å². The first-order chi connectivity index (χ1) is 8.49. The number of ether oxygens (including phenoxy) is 1. The molecule has 1 heterocycles. The van der Waals surface area contributed by atoms with Crippen LogP contribution in [0.25, 0.3) is 0 Å². The molecule has 6 nitrogen and oxygen atoms in total. The van der Waals surface area contributed by atoms with E-state index in [0.29, 0.717) is 12.2 Å². The molecule has 18 heavy (non-hydrogen) atoms.